The Morgan fingerprint density at radius 2 is 2.11 bits per heavy atom. The maximum absolute atomic E-state index is 12.5. The molecule has 0 bridgehead atoms. The van der Waals surface area contributed by atoms with E-state index in [0.717, 1.165) is 18.4 Å². The summed E-state index contributed by atoms with van der Waals surface area (Å²) in [4.78, 5) is 14.3. The zero-order chi connectivity index (χ0) is 14.8. The second-order valence-corrected chi connectivity index (χ2v) is 7.28. The number of rotatable bonds is 4. The lowest BCUT2D eigenvalue weighted by Crippen LogP contribution is -2.42. The maximum Gasteiger partial charge on any atom is 0.245 e. The summed E-state index contributed by atoms with van der Waals surface area (Å²) in [6, 6.07) is 0.202. The Labute approximate surface area is 123 Å². The van der Waals surface area contributed by atoms with Crippen LogP contribution in [0.4, 0.5) is 0 Å². The van der Waals surface area contributed by atoms with Gasteiger partial charge >= 0.3 is 0 Å². The van der Waals surface area contributed by atoms with E-state index < -0.39 is 5.38 Å². The van der Waals surface area contributed by atoms with E-state index in [1.807, 2.05) is 25.7 Å². The topological polar surface area (TPSA) is 20.3 Å². The van der Waals surface area contributed by atoms with Crippen LogP contribution in [0.3, 0.4) is 0 Å². The molecule has 2 unspecified atom stereocenters. The lowest BCUT2D eigenvalue weighted by atomic mass is 9.72. The van der Waals surface area contributed by atoms with Crippen LogP contribution in [-0.2, 0) is 4.79 Å². The van der Waals surface area contributed by atoms with Gasteiger partial charge in [-0.25, -0.2) is 0 Å². The Morgan fingerprint density at radius 1 is 1.53 bits per heavy atom. The van der Waals surface area contributed by atoms with Crippen molar-refractivity contribution in [1.82, 2.24) is 4.90 Å². The number of alkyl halides is 1. The van der Waals surface area contributed by atoms with E-state index in [1.54, 1.807) is 0 Å². The number of carbonyl (C=O) groups excluding carboxylic acids is 1. The van der Waals surface area contributed by atoms with E-state index in [-0.39, 0.29) is 17.4 Å². The van der Waals surface area contributed by atoms with Gasteiger partial charge in [-0.2, -0.15) is 0 Å². The van der Waals surface area contributed by atoms with Crippen LogP contribution in [0.25, 0.3) is 0 Å². The van der Waals surface area contributed by atoms with Crippen LogP contribution >= 0.6 is 11.6 Å². The fraction of sp³-hybridized carbons (Fsp3) is 0.812. The van der Waals surface area contributed by atoms with Gasteiger partial charge in [-0.05, 0) is 50.5 Å². The van der Waals surface area contributed by atoms with E-state index in [2.05, 4.69) is 26.8 Å². The van der Waals surface area contributed by atoms with E-state index in [1.165, 1.54) is 0 Å². The van der Waals surface area contributed by atoms with Crippen LogP contribution in [0.15, 0.2) is 11.6 Å². The van der Waals surface area contributed by atoms with E-state index in [9.17, 15) is 4.79 Å². The van der Waals surface area contributed by atoms with Crippen molar-refractivity contribution in [2.75, 3.05) is 6.54 Å². The molecule has 3 heteroatoms. The first-order valence-electron chi connectivity index (χ1n) is 7.33. The normalized spacial score (nSPS) is 24.0. The highest BCUT2D eigenvalue weighted by Gasteiger charge is 2.33. The quantitative estimate of drug-likeness (QED) is 0.559. The largest absolute Gasteiger partial charge is 0.339 e. The van der Waals surface area contributed by atoms with E-state index in [4.69, 9.17) is 11.6 Å². The van der Waals surface area contributed by atoms with Crippen LogP contribution < -0.4 is 0 Å². The summed E-state index contributed by atoms with van der Waals surface area (Å²) in [7, 11) is 0. The molecule has 1 rings (SSSR count). The molecule has 0 N–H and O–H groups in total. The lowest BCUT2D eigenvalue weighted by molar-refractivity contribution is -0.131. The predicted molar refractivity (Wildman–Crippen MR) is 82.4 cm³/mol. The van der Waals surface area contributed by atoms with E-state index >= 15 is 0 Å². The van der Waals surface area contributed by atoms with Crippen molar-refractivity contribution in [2.24, 2.45) is 11.3 Å². The van der Waals surface area contributed by atoms with Crippen LogP contribution in [0.1, 0.15) is 54.4 Å². The molecule has 0 aliphatic heterocycles. The molecule has 1 aliphatic rings. The first kappa shape index (κ1) is 16.6. The molecule has 0 spiro atoms. The summed E-state index contributed by atoms with van der Waals surface area (Å²) in [5.74, 6) is 0.553. The van der Waals surface area contributed by atoms with Crippen molar-refractivity contribution < 1.29 is 4.79 Å². The molecular formula is C16H28ClNO. The van der Waals surface area contributed by atoms with Crippen LogP contribution in [0.5, 0.6) is 0 Å². The van der Waals surface area contributed by atoms with Crippen molar-refractivity contribution in [3.63, 3.8) is 0 Å². The molecule has 0 fully saturated rings. The second-order valence-electron chi connectivity index (χ2n) is 6.84. The number of halogens is 1. The van der Waals surface area contributed by atoms with Gasteiger partial charge in [-0.1, -0.05) is 26.8 Å². The third-order valence-corrected chi connectivity index (χ3v) is 4.31. The Hall–Kier alpha value is -0.500. The van der Waals surface area contributed by atoms with Crippen molar-refractivity contribution >= 4 is 17.5 Å². The van der Waals surface area contributed by atoms with Gasteiger partial charge in [0.1, 0.15) is 5.38 Å². The molecule has 0 aromatic rings. The Balaban J connectivity index is 2.87. The molecule has 0 saturated carbocycles. The molecule has 0 aromatic heterocycles. The van der Waals surface area contributed by atoms with Gasteiger partial charge in [0.05, 0.1) is 0 Å². The van der Waals surface area contributed by atoms with Gasteiger partial charge < -0.3 is 4.90 Å². The highest BCUT2D eigenvalue weighted by Crippen LogP contribution is 2.40. The van der Waals surface area contributed by atoms with E-state index in [0.29, 0.717) is 12.5 Å². The smallest absolute Gasteiger partial charge is 0.245 e. The highest BCUT2D eigenvalue weighted by molar-refractivity contribution is 6.32. The van der Waals surface area contributed by atoms with Gasteiger partial charge in [0.15, 0.2) is 0 Å². The number of allylic oxidation sites excluding steroid dienone is 1. The summed E-state index contributed by atoms with van der Waals surface area (Å²) in [6.45, 7) is 13.5. The minimum absolute atomic E-state index is 0.0512. The van der Waals surface area contributed by atoms with Gasteiger partial charge in [0.2, 0.25) is 5.91 Å². The average Bonchev–Trinajstić information content (AvgIpc) is 2.25. The highest BCUT2D eigenvalue weighted by atomic mass is 35.5. The molecule has 0 radical (unpaired) electrons. The summed E-state index contributed by atoms with van der Waals surface area (Å²) in [5.41, 5.74) is 1.35. The summed E-state index contributed by atoms with van der Waals surface area (Å²) >= 11 is 6.46. The van der Waals surface area contributed by atoms with Crippen molar-refractivity contribution in [1.29, 1.82) is 0 Å². The summed E-state index contributed by atoms with van der Waals surface area (Å²) in [6.07, 6.45) is 4.29. The SMILES string of the molecule is CCN(C(=O)C(Cl)C1=CC(C)CC(C)(C)C1)C(C)C. The maximum atomic E-state index is 12.5. The standard InChI is InChI=1S/C16H28ClNO/c1-7-18(11(2)3)15(19)14(17)13-8-12(4)9-16(5,6)10-13/h8,11-12,14H,7,9-10H2,1-6H3. The first-order valence-corrected chi connectivity index (χ1v) is 7.76. The summed E-state index contributed by atoms with van der Waals surface area (Å²) < 4.78 is 0. The average molecular weight is 286 g/mol. The predicted octanol–water partition coefficient (Wildman–Crippen LogP) is 4.23. The molecule has 0 heterocycles. The number of nitrogens with zero attached hydrogens (tertiary/aromatic N) is 1. The number of carbonyl (C=O) groups is 1. The van der Waals surface area contributed by atoms with Crippen LogP contribution in [-0.4, -0.2) is 28.8 Å². The van der Waals surface area contributed by atoms with Crippen molar-refractivity contribution in [3.05, 3.63) is 11.6 Å². The molecule has 0 aromatic carbocycles. The molecule has 110 valence electrons. The number of hydrogen-bond donors (Lipinski definition) is 0. The third-order valence-electron chi connectivity index (χ3n) is 3.85. The third kappa shape index (κ3) is 4.24. The van der Waals surface area contributed by atoms with Gasteiger partial charge in [-0.15, -0.1) is 11.6 Å². The van der Waals surface area contributed by atoms with Gasteiger partial charge in [-0.3, -0.25) is 4.79 Å². The molecule has 1 aliphatic carbocycles. The second kappa shape index (κ2) is 6.30. The number of hydrogen-bond acceptors (Lipinski definition) is 1. The molecule has 19 heavy (non-hydrogen) atoms. The van der Waals surface area contributed by atoms with Crippen LogP contribution in [0.2, 0.25) is 0 Å². The van der Waals surface area contributed by atoms with Gasteiger partial charge in [0.25, 0.3) is 0 Å². The fourth-order valence-electron chi connectivity index (χ4n) is 3.23. The monoisotopic (exact) mass is 285 g/mol. The molecule has 0 saturated heterocycles. The Morgan fingerprint density at radius 3 is 2.53 bits per heavy atom. The van der Waals surface area contributed by atoms with Crippen LogP contribution in [0, 0.1) is 11.3 Å². The molecule has 1 amide bonds. The first-order chi connectivity index (χ1) is 8.68. The fourth-order valence-corrected chi connectivity index (χ4v) is 3.51. The number of amides is 1. The molecular weight excluding hydrogens is 258 g/mol. The minimum atomic E-state index is -0.496. The zero-order valence-electron chi connectivity index (χ0n) is 13.2. The Kier molecular flexibility index (Phi) is 5.49. The lowest BCUT2D eigenvalue weighted by Gasteiger charge is -2.36. The Bertz CT molecular complexity index is 360. The van der Waals surface area contributed by atoms with Crippen molar-refractivity contribution in [2.45, 2.75) is 65.8 Å². The zero-order valence-corrected chi connectivity index (χ0v) is 13.9. The molecule has 2 nitrogen and oxygen atoms in total. The minimum Gasteiger partial charge on any atom is -0.339 e. The summed E-state index contributed by atoms with van der Waals surface area (Å²) in [5, 5.41) is -0.496. The van der Waals surface area contributed by atoms with Crippen molar-refractivity contribution in [3.8, 4) is 0 Å². The molecule has 2 atom stereocenters. The van der Waals surface area contributed by atoms with Gasteiger partial charge in [0, 0.05) is 12.6 Å².